The van der Waals surface area contributed by atoms with E-state index in [-0.39, 0.29) is 17.8 Å². The molecule has 0 radical (unpaired) electrons. The van der Waals surface area contributed by atoms with E-state index < -0.39 is 6.04 Å². The van der Waals surface area contributed by atoms with Crippen molar-refractivity contribution in [2.75, 3.05) is 4.90 Å². The first-order valence-electron chi connectivity index (χ1n) is 6.28. The molecule has 1 heterocycles. The molecule has 108 valence electrons. The molecule has 0 spiro atoms. The van der Waals surface area contributed by atoms with Crippen molar-refractivity contribution in [1.82, 2.24) is 0 Å². The van der Waals surface area contributed by atoms with Gasteiger partial charge in [-0.3, -0.25) is 4.79 Å². The Balaban J connectivity index is 2.00. The number of benzene rings is 2. The van der Waals surface area contributed by atoms with Crippen LogP contribution in [0.5, 0.6) is 0 Å². The van der Waals surface area contributed by atoms with Gasteiger partial charge in [-0.15, -0.1) is 0 Å². The average Bonchev–Trinajstić information content (AvgIpc) is 2.46. The quantitative estimate of drug-likeness (QED) is 0.859. The molecule has 2 aromatic carbocycles. The van der Waals surface area contributed by atoms with Crippen LogP contribution in [0.4, 0.5) is 10.1 Å². The van der Waals surface area contributed by atoms with Gasteiger partial charge in [0.1, 0.15) is 11.9 Å². The minimum absolute atomic E-state index is 0.224. The Morgan fingerprint density at radius 1 is 1.10 bits per heavy atom. The summed E-state index contributed by atoms with van der Waals surface area (Å²) in [5.41, 5.74) is 7.21. The highest BCUT2D eigenvalue weighted by molar-refractivity contribution is 6.35. The van der Waals surface area contributed by atoms with Crippen LogP contribution in [0, 0.1) is 5.82 Å². The maximum atomic E-state index is 13.0. The number of hydrogen-bond acceptors (Lipinski definition) is 2. The summed E-state index contributed by atoms with van der Waals surface area (Å²) in [5.74, 6) is -0.588. The molecule has 0 aromatic heterocycles. The molecule has 2 aromatic rings. The normalized spacial score (nSPS) is 21.3. The molecule has 1 aliphatic heterocycles. The van der Waals surface area contributed by atoms with Crippen molar-refractivity contribution in [2.24, 2.45) is 5.73 Å². The highest BCUT2D eigenvalue weighted by Gasteiger charge is 2.47. The molecule has 1 saturated heterocycles. The van der Waals surface area contributed by atoms with Crippen molar-refractivity contribution in [3.8, 4) is 0 Å². The molecular weight excluding hydrogens is 314 g/mol. The Morgan fingerprint density at radius 2 is 1.76 bits per heavy atom. The summed E-state index contributed by atoms with van der Waals surface area (Å²) in [6, 6.07) is 9.67. The average molecular weight is 325 g/mol. The Morgan fingerprint density at radius 3 is 2.38 bits per heavy atom. The van der Waals surface area contributed by atoms with Crippen LogP contribution in [0.1, 0.15) is 11.6 Å². The Hall–Kier alpha value is -1.62. The lowest BCUT2D eigenvalue weighted by Crippen LogP contribution is -2.63. The van der Waals surface area contributed by atoms with E-state index in [1.165, 1.54) is 29.2 Å². The highest BCUT2D eigenvalue weighted by atomic mass is 35.5. The van der Waals surface area contributed by atoms with E-state index in [0.717, 1.165) is 5.56 Å². The van der Waals surface area contributed by atoms with Crippen molar-refractivity contribution in [3.63, 3.8) is 0 Å². The van der Waals surface area contributed by atoms with Gasteiger partial charge in [-0.2, -0.15) is 0 Å². The van der Waals surface area contributed by atoms with E-state index in [1.807, 2.05) is 0 Å². The van der Waals surface area contributed by atoms with E-state index in [4.69, 9.17) is 28.9 Å². The van der Waals surface area contributed by atoms with E-state index in [0.29, 0.717) is 15.7 Å². The third kappa shape index (κ3) is 2.39. The summed E-state index contributed by atoms with van der Waals surface area (Å²) in [6.07, 6.45) is 0. The molecule has 1 amide bonds. The summed E-state index contributed by atoms with van der Waals surface area (Å²) in [6.45, 7) is 0. The number of carbonyl (C=O) groups is 1. The SMILES string of the molecule is N[C@@H]1C(=O)N(c2ccc(F)cc2)[C@@H]1c1ccc(Cl)cc1Cl. The Bertz CT molecular complexity index is 705. The van der Waals surface area contributed by atoms with Gasteiger partial charge >= 0.3 is 0 Å². The van der Waals surface area contributed by atoms with E-state index >= 15 is 0 Å². The smallest absolute Gasteiger partial charge is 0.247 e. The fraction of sp³-hybridized carbons (Fsp3) is 0.133. The molecule has 0 bridgehead atoms. The number of nitrogens with two attached hydrogens (primary N) is 1. The first-order chi connectivity index (χ1) is 9.99. The topological polar surface area (TPSA) is 46.3 Å². The lowest BCUT2D eigenvalue weighted by molar-refractivity contribution is -0.126. The van der Waals surface area contributed by atoms with Gasteiger partial charge in [0.05, 0.1) is 6.04 Å². The zero-order chi connectivity index (χ0) is 15.1. The molecule has 1 aliphatic rings. The predicted molar refractivity (Wildman–Crippen MR) is 81.1 cm³/mol. The van der Waals surface area contributed by atoms with Crippen LogP contribution in [-0.4, -0.2) is 11.9 Å². The van der Waals surface area contributed by atoms with E-state index in [9.17, 15) is 9.18 Å². The maximum Gasteiger partial charge on any atom is 0.247 e. The zero-order valence-electron chi connectivity index (χ0n) is 10.8. The molecule has 2 N–H and O–H groups in total. The molecule has 0 unspecified atom stereocenters. The summed E-state index contributed by atoms with van der Waals surface area (Å²) in [7, 11) is 0. The first kappa shape index (κ1) is 14.3. The van der Waals surface area contributed by atoms with E-state index in [2.05, 4.69) is 0 Å². The number of nitrogens with zero attached hydrogens (tertiary/aromatic N) is 1. The highest BCUT2D eigenvalue weighted by Crippen LogP contribution is 2.41. The van der Waals surface area contributed by atoms with Crippen molar-refractivity contribution >= 4 is 34.8 Å². The summed E-state index contributed by atoms with van der Waals surface area (Å²) < 4.78 is 13.0. The van der Waals surface area contributed by atoms with Crippen LogP contribution in [0.2, 0.25) is 10.0 Å². The Kier molecular flexibility index (Phi) is 3.61. The standard InChI is InChI=1S/C15H11Cl2FN2O/c16-8-1-6-11(12(17)7-8)14-13(19)15(21)20(14)10-4-2-9(18)3-5-10/h1-7,13-14H,19H2/t13-,14+/m0/s1. The molecule has 6 heteroatoms. The number of carbonyl (C=O) groups excluding carboxylic acids is 1. The van der Waals surface area contributed by atoms with Crippen LogP contribution >= 0.6 is 23.2 Å². The number of amides is 1. The second kappa shape index (κ2) is 5.30. The van der Waals surface area contributed by atoms with Gasteiger partial charge in [0.15, 0.2) is 0 Å². The van der Waals surface area contributed by atoms with Crippen LogP contribution in [0.25, 0.3) is 0 Å². The van der Waals surface area contributed by atoms with Crippen molar-refractivity contribution in [1.29, 1.82) is 0 Å². The minimum atomic E-state index is -0.672. The van der Waals surface area contributed by atoms with Gasteiger partial charge in [-0.25, -0.2) is 4.39 Å². The van der Waals surface area contributed by atoms with Gasteiger partial charge in [0, 0.05) is 15.7 Å². The van der Waals surface area contributed by atoms with Crippen molar-refractivity contribution in [2.45, 2.75) is 12.1 Å². The fourth-order valence-electron chi connectivity index (χ4n) is 2.47. The second-order valence-corrected chi connectivity index (χ2v) is 5.66. The summed E-state index contributed by atoms with van der Waals surface area (Å²) in [5, 5.41) is 0.957. The minimum Gasteiger partial charge on any atom is -0.318 e. The molecule has 1 fully saturated rings. The number of hydrogen-bond donors (Lipinski definition) is 1. The number of anilines is 1. The monoisotopic (exact) mass is 324 g/mol. The van der Waals surface area contributed by atoms with Crippen LogP contribution < -0.4 is 10.6 Å². The molecule has 2 atom stereocenters. The summed E-state index contributed by atoms with van der Waals surface area (Å²) >= 11 is 12.1. The van der Waals surface area contributed by atoms with Crippen LogP contribution in [-0.2, 0) is 4.79 Å². The maximum absolute atomic E-state index is 13.0. The van der Waals surface area contributed by atoms with Gasteiger partial charge < -0.3 is 10.6 Å². The third-order valence-corrected chi connectivity index (χ3v) is 4.09. The molecule has 21 heavy (non-hydrogen) atoms. The van der Waals surface area contributed by atoms with Gasteiger partial charge in [0.2, 0.25) is 5.91 Å². The predicted octanol–water partition coefficient (Wildman–Crippen LogP) is 3.55. The Labute approximate surface area is 131 Å². The first-order valence-corrected chi connectivity index (χ1v) is 7.04. The van der Waals surface area contributed by atoms with Gasteiger partial charge in [-0.05, 0) is 42.0 Å². The zero-order valence-corrected chi connectivity index (χ0v) is 12.3. The van der Waals surface area contributed by atoms with Crippen molar-refractivity contribution in [3.05, 3.63) is 63.9 Å². The largest absolute Gasteiger partial charge is 0.318 e. The second-order valence-electron chi connectivity index (χ2n) is 4.82. The molecule has 0 saturated carbocycles. The number of β-lactam (4-membered cyclic amide) rings is 1. The lowest BCUT2D eigenvalue weighted by atomic mass is 9.88. The van der Waals surface area contributed by atoms with E-state index in [1.54, 1.807) is 18.2 Å². The third-order valence-electron chi connectivity index (χ3n) is 3.53. The van der Waals surface area contributed by atoms with Crippen LogP contribution in [0.3, 0.4) is 0 Å². The van der Waals surface area contributed by atoms with Gasteiger partial charge in [0.25, 0.3) is 0 Å². The van der Waals surface area contributed by atoms with Crippen molar-refractivity contribution < 1.29 is 9.18 Å². The molecule has 3 nitrogen and oxygen atoms in total. The molecule has 0 aliphatic carbocycles. The molecular formula is C15H11Cl2FN2O. The number of halogens is 3. The molecule has 3 rings (SSSR count). The fourth-order valence-corrected chi connectivity index (χ4v) is 2.99. The van der Waals surface area contributed by atoms with Crippen LogP contribution in [0.15, 0.2) is 42.5 Å². The summed E-state index contributed by atoms with van der Waals surface area (Å²) in [4.78, 5) is 13.6. The van der Waals surface area contributed by atoms with Gasteiger partial charge in [-0.1, -0.05) is 29.3 Å². The number of rotatable bonds is 2. The lowest BCUT2D eigenvalue weighted by Gasteiger charge is -2.45.